The molecule has 0 fully saturated rings. The lowest BCUT2D eigenvalue weighted by molar-refractivity contribution is 0.590. The lowest BCUT2D eigenvalue weighted by atomic mass is 9.28. The number of fused-ring (bicyclic) bond motifs is 18. The van der Waals surface area contributed by atoms with Crippen molar-refractivity contribution in [2.45, 2.75) is 105 Å². The lowest BCUT2D eigenvalue weighted by Crippen LogP contribution is -2.72. The van der Waals surface area contributed by atoms with Crippen molar-refractivity contribution >= 4 is 103 Å². The average Bonchev–Trinajstić information content (AvgIpc) is 3.89. The zero-order valence-corrected chi connectivity index (χ0v) is 41.9. The van der Waals surface area contributed by atoms with Crippen LogP contribution < -0.4 is 47.9 Å². The summed E-state index contributed by atoms with van der Waals surface area (Å²) < 4.78 is 14.7. The van der Waals surface area contributed by atoms with Crippen molar-refractivity contribution in [2.75, 3.05) is 9.62 Å². The minimum absolute atomic E-state index is 0.0391. The second-order valence-corrected chi connectivity index (χ2v) is 25.3. The topological polar surface area (TPSA) is 32.8 Å². The molecule has 6 aliphatic rings. The van der Waals surface area contributed by atoms with Gasteiger partial charge in [-0.25, -0.2) is 0 Å². The third-order valence-electron chi connectivity index (χ3n) is 17.0. The van der Waals surface area contributed by atoms with Crippen LogP contribution in [0.2, 0.25) is 0 Å². The Labute approximate surface area is 407 Å². The fourth-order valence-electron chi connectivity index (χ4n) is 13.5. The summed E-state index contributed by atoms with van der Waals surface area (Å²) in [7, 11) is 0. The molecule has 0 amide bonds. The molecule has 0 aliphatic carbocycles. The zero-order valence-electron chi connectivity index (χ0n) is 41.9. The van der Waals surface area contributed by atoms with E-state index in [-0.39, 0.29) is 42.1 Å². The molecule has 0 N–H and O–H groups in total. The molecule has 7 heteroatoms. The maximum absolute atomic E-state index is 7.33. The van der Waals surface area contributed by atoms with Crippen molar-refractivity contribution in [3.05, 3.63) is 138 Å². The minimum atomic E-state index is -0.106. The molecular weight excluding hydrogens is 837 g/mol. The van der Waals surface area contributed by atoms with Crippen molar-refractivity contribution in [1.29, 1.82) is 0 Å². The average molecular weight is 893 g/mol. The molecule has 6 aliphatic heterocycles. The van der Waals surface area contributed by atoms with Crippen LogP contribution in [0.5, 0.6) is 0 Å². The Morgan fingerprint density at radius 2 is 0.739 bits per heavy atom. The van der Waals surface area contributed by atoms with E-state index >= 15 is 0 Å². The molecule has 0 unspecified atom stereocenters. The number of rotatable bonds is 0. The molecule has 15 rings (SSSR count). The molecule has 0 radical (unpaired) electrons. The first-order chi connectivity index (χ1) is 32.8. The van der Waals surface area contributed by atoms with Gasteiger partial charge in [0.25, 0.3) is 6.71 Å². The Kier molecular flexibility index (Phi) is 7.25. The first kappa shape index (κ1) is 40.3. The number of para-hydroxylation sites is 2. The van der Waals surface area contributed by atoms with Gasteiger partial charge in [0.2, 0.25) is 0 Å². The van der Waals surface area contributed by atoms with Crippen molar-refractivity contribution in [3.63, 3.8) is 0 Å². The van der Waals surface area contributed by atoms with Crippen LogP contribution >= 0.6 is 0 Å². The Morgan fingerprint density at radius 1 is 0.348 bits per heavy atom. The molecule has 4 nitrogen and oxygen atoms in total. The highest BCUT2D eigenvalue weighted by molar-refractivity contribution is 7.06. The molecule has 0 atom stereocenters. The molecule has 9 aromatic rings. The molecule has 334 valence electrons. The molecular formula is C62H55B3N2O2. The molecule has 0 saturated heterocycles. The molecule has 8 heterocycles. The van der Waals surface area contributed by atoms with Gasteiger partial charge in [0.15, 0.2) is 0 Å². The molecule has 0 saturated carbocycles. The summed E-state index contributed by atoms with van der Waals surface area (Å²) in [6.45, 7) is 28.1. The van der Waals surface area contributed by atoms with Crippen LogP contribution in [0.4, 0.5) is 22.7 Å². The highest BCUT2D eigenvalue weighted by atomic mass is 16.3. The molecule has 69 heavy (non-hydrogen) atoms. The quantitative estimate of drug-likeness (QED) is 0.142. The maximum Gasteiger partial charge on any atom is 0.333 e. The van der Waals surface area contributed by atoms with Crippen LogP contribution in [0, 0.1) is 0 Å². The summed E-state index contributed by atoms with van der Waals surface area (Å²) in [5.74, 6) is 1.95. The monoisotopic (exact) mass is 892 g/mol. The number of anilines is 4. The van der Waals surface area contributed by atoms with E-state index in [0.717, 1.165) is 33.8 Å². The zero-order chi connectivity index (χ0) is 47.3. The van der Waals surface area contributed by atoms with Gasteiger partial charge in [0.1, 0.15) is 22.7 Å². The van der Waals surface area contributed by atoms with Gasteiger partial charge in [-0.2, -0.15) is 0 Å². The van der Waals surface area contributed by atoms with E-state index in [1.165, 1.54) is 116 Å². The highest BCUT2D eigenvalue weighted by Crippen LogP contribution is 2.57. The van der Waals surface area contributed by atoms with Gasteiger partial charge < -0.3 is 18.5 Å². The largest absolute Gasteiger partial charge is 0.456 e. The summed E-state index contributed by atoms with van der Waals surface area (Å²) >= 11 is 0. The second-order valence-electron chi connectivity index (χ2n) is 25.3. The van der Waals surface area contributed by atoms with E-state index in [0.29, 0.717) is 0 Å². The van der Waals surface area contributed by atoms with Gasteiger partial charge in [-0.1, -0.05) is 168 Å². The standard InChI is InChI=1S/C62H55B3N2O2/c1-59(2,3)32-21-23-36-40-25-34(61(7,8)9)29-46-53(40)66-55-42(57-50(64(66)44(36)27-32)38-17-13-15-19-48(38)68-57)31-43-56-52(55)63(46)47-30-35(62(10,11)12)26-41-37-24-22-33(60(4,5)6)28-45(37)65(67(56)54(41)47)51-39-18-14-16-20-49(39)69-58(43)51/h13-31H,1-12H3. The predicted molar refractivity (Wildman–Crippen MR) is 294 cm³/mol. The molecule has 2 aromatic heterocycles. The van der Waals surface area contributed by atoms with Gasteiger partial charge in [0, 0.05) is 66.7 Å². The van der Waals surface area contributed by atoms with Gasteiger partial charge in [-0.05, 0) is 113 Å². The van der Waals surface area contributed by atoms with Gasteiger partial charge in [0.05, 0.1) is 0 Å². The first-order valence-electron chi connectivity index (χ1n) is 25.3. The Morgan fingerprint density at radius 3 is 1.14 bits per heavy atom. The summed E-state index contributed by atoms with van der Waals surface area (Å²) in [4.78, 5) is 5.60. The summed E-state index contributed by atoms with van der Waals surface area (Å²) in [6, 6.07) is 45.1. The van der Waals surface area contributed by atoms with Crippen LogP contribution in [0.1, 0.15) is 105 Å². The molecule has 0 bridgehead atoms. The number of benzene rings is 7. The van der Waals surface area contributed by atoms with Crippen molar-refractivity contribution in [3.8, 4) is 44.9 Å². The first-order valence-corrected chi connectivity index (χ1v) is 25.3. The maximum atomic E-state index is 7.33. The smallest absolute Gasteiger partial charge is 0.333 e. The number of hydrogen-bond donors (Lipinski definition) is 0. The number of furan rings is 2. The van der Waals surface area contributed by atoms with Crippen LogP contribution in [-0.4, -0.2) is 20.4 Å². The SMILES string of the molecule is CC(C)(C)c1ccc2c(c1)B1c3c(oc4ccccc34)-c3cc4c5c6c3N1c1c(cc(C(C)(C)C)cc1-2)B6c1cc(C(C)(C)C)cc2c1N5B(c1cc(C(C)(C)C)ccc1-2)c1c-4oc2ccccc12. The summed E-state index contributed by atoms with van der Waals surface area (Å²) in [6.07, 6.45) is 0. The van der Waals surface area contributed by atoms with Crippen molar-refractivity contribution < 1.29 is 8.83 Å². The van der Waals surface area contributed by atoms with E-state index in [1.54, 1.807) is 0 Å². The number of nitrogens with zero attached hydrogens (tertiary/aromatic N) is 2. The van der Waals surface area contributed by atoms with Crippen LogP contribution in [0.25, 0.3) is 66.8 Å². The van der Waals surface area contributed by atoms with E-state index in [2.05, 4.69) is 208 Å². The summed E-state index contributed by atoms with van der Waals surface area (Å²) in [5.41, 5.74) is 29.2. The predicted octanol–water partition coefficient (Wildman–Crippen LogP) is 11.3. The highest BCUT2D eigenvalue weighted by Gasteiger charge is 2.58. The second kappa shape index (κ2) is 12.4. The van der Waals surface area contributed by atoms with Crippen molar-refractivity contribution in [1.82, 2.24) is 0 Å². The van der Waals surface area contributed by atoms with E-state index in [1.807, 2.05) is 0 Å². The van der Waals surface area contributed by atoms with Crippen molar-refractivity contribution in [2.24, 2.45) is 0 Å². The fraction of sp³-hybridized carbons (Fsp3) is 0.258. The van der Waals surface area contributed by atoms with Gasteiger partial charge in [-0.3, -0.25) is 0 Å². The van der Waals surface area contributed by atoms with E-state index in [9.17, 15) is 0 Å². The van der Waals surface area contributed by atoms with Crippen LogP contribution in [-0.2, 0) is 21.7 Å². The molecule has 7 aromatic carbocycles. The lowest BCUT2D eigenvalue weighted by Gasteiger charge is -2.54. The Bertz CT molecular complexity index is 3630. The van der Waals surface area contributed by atoms with Crippen LogP contribution in [0.15, 0.2) is 124 Å². The Balaban J connectivity index is 1.19. The third kappa shape index (κ3) is 4.94. The number of hydrogen-bond acceptors (Lipinski definition) is 4. The normalized spacial score (nSPS) is 15.4. The summed E-state index contributed by atoms with van der Waals surface area (Å²) in [5, 5.41) is 2.35. The van der Waals surface area contributed by atoms with Gasteiger partial charge in [-0.15, -0.1) is 0 Å². The van der Waals surface area contributed by atoms with Gasteiger partial charge >= 0.3 is 13.7 Å². The van der Waals surface area contributed by atoms with Crippen LogP contribution in [0.3, 0.4) is 0 Å². The fourth-order valence-corrected chi connectivity index (χ4v) is 13.5. The van der Waals surface area contributed by atoms with E-state index < -0.39 is 0 Å². The minimum Gasteiger partial charge on any atom is -0.456 e. The Hall–Kier alpha value is -6.59. The third-order valence-corrected chi connectivity index (χ3v) is 17.0. The van der Waals surface area contributed by atoms with E-state index in [4.69, 9.17) is 8.83 Å². The molecule has 0 spiro atoms.